The van der Waals surface area contributed by atoms with E-state index in [9.17, 15) is 4.79 Å². The van der Waals surface area contributed by atoms with E-state index in [0.29, 0.717) is 6.54 Å². The number of nitrogens with zero attached hydrogens (tertiary/aromatic N) is 1. The van der Waals surface area contributed by atoms with E-state index in [0.717, 1.165) is 42.8 Å². The molecule has 5 heteroatoms. The number of carbonyl (C=O) groups excluding carboxylic acids is 1. The molecule has 5 nitrogen and oxygen atoms in total. The van der Waals surface area contributed by atoms with E-state index in [1.807, 2.05) is 18.2 Å². The van der Waals surface area contributed by atoms with Crippen molar-refractivity contribution in [1.29, 1.82) is 0 Å². The van der Waals surface area contributed by atoms with Crippen molar-refractivity contribution in [1.82, 2.24) is 4.90 Å². The second-order valence-electron chi connectivity index (χ2n) is 4.88. The van der Waals surface area contributed by atoms with Gasteiger partial charge in [0.1, 0.15) is 5.75 Å². The largest absolute Gasteiger partial charge is 0.496 e. The molecule has 0 aromatic heterocycles. The van der Waals surface area contributed by atoms with Crippen LogP contribution in [0.25, 0.3) is 0 Å². The fraction of sp³-hybridized carbons (Fsp3) is 0.500. The number of carbonyl (C=O) groups is 1. The van der Waals surface area contributed by atoms with Gasteiger partial charge in [-0.1, -0.05) is 6.07 Å². The van der Waals surface area contributed by atoms with Gasteiger partial charge in [-0.2, -0.15) is 0 Å². The maximum absolute atomic E-state index is 11.4. The number of nitrogens with two attached hydrogens (primary N) is 2. The molecule has 1 atom stereocenters. The highest BCUT2D eigenvalue weighted by Gasteiger charge is 2.28. The van der Waals surface area contributed by atoms with Gasteiger partial charge in [-0.3, -0.25) is 9.69 Å². The summed E-state index contributed by atoms with van der Waals surface area (Å²) < 4.78 is 5.25. The van der Waals surface area contributed by atoms with Crippen molar-refractivity contribution in [2.75, 3.05) is 13.7 Å². The first kappa shape index (κ1) is 13.8. The summed E-state index contributed by atoms with van der Waals surface area (Å²) in [5.74, 6) is 0.573. The van der Waals surface area contributed by atoms with Crippen LogP contribution in [-0.2, 0) is 17.9 Å². The summed E-state index contributed by atoms with van der Waals surface area (Å²) in [5.41, 5.74) is 13.2. The first-order valence-electron chi connectivity index (χ1n) is 6.55. The number of hydrogen-bond acceptors (Lipinski definition) is 4. The predicted octanol–water partition coefficient (Wildman–Crippen LogP) is 0.604. The summed E-state index contributed by atoms with van der Waals surface area (Å²) in [5, 5.41) is 0. The molecule has 104 valence electrons. The van der Waals surface area contributed by atoms with Crippen molar-refractivity contribution in [3.63, 3.8) is 0 Å². The normalized spacial score (nSPS) is 19.6. The summed E-state index contributed by atoms with van der Waals surface area (Å²) in [4.78, 5) is 13.5. The third kappa shape index (κ3) is 3.05. The van der Waals surface area contributed by atoms with Gasteiger partial charge in [-0.25, -0.2) is 0 Å². The van der Waals surface area contributed by atoms with E-state index in [1.165, 1.54) is 0 Å². The molecule has 4 N–H and O–H groups in total. The molecule has 1 fully saturated rings. The summed E-state index contributed by atoms with van der Waals surface area (Å²) in [6.45, 7) is 2.08. The van der Waals surface area contributed by atoms with Gasteiger partial charge in [-0.15, -0.1) is 0 Å². The van der Waals surface area contributed by atoms with Gasteiger partial charge < -0.3 is 16.2 Å². The highest BCUT2D eigenvalue weighted by atomic mass is 16.5. The topological polar surface area (TPSA) is 81.6 Å². The molecule has 1 aliphatic heterocycles. The molecule has 1 heterocycles. The van der Waals surface area contributed by atoms with Crippen LogP contribution < -0.4 is 16.2 Å². The Bertz CT molecular complexity index is 462. The van der Waals surface area contributed by atoms with Crippen molar-refractivity contribution in [3.05, 3.63) is 29.3 Å². The molecular formula is C14H21N3O2. The van der Waals surface area contributed by atoms with Gasteiger partial charge in [0.05, 0.1) is 13.2 Å². The molecule has 0 spiro atoms. The van der Waals surface area contributed by atoms with Crippen LogP contribution in [0.1, 0.15) is 24.0 Å². The van der Waals surface area contributed by atoms with Crippen molar-refractivity contribution < 1.29 is 9.53 Å². The average Bonchev–Trinajstić information content (AvgIpc) is 2.87. The van der Waals surface area contributed by atoms with E-state index >= 15 is 0 Å². The van der Waals surface area contributed by atoms with Crippen LogP contribution in [0.15, 0.2) is 18.2 Å². The zero-order chi connectivity index (χ0) is 13.8. The molecule has 0 radical (unpaired) electrons. The van der Waals surface area contributed by atoms with Crippen LogP contribution in [0.4, 0.5) is 0 Å². The highest BCUT2D eigenvalue weighted by molar-refractivity contribution is 5.80. The molecule has 1 aromatic rings. The number of primary amides is 1. The lowest BCUT2D eigenvalue weighted by Gasteiger charge is -2.22. The van der Waals surface area contributed by atoms with Gasteiger partial charge in [0, 0.05) is 18.7 Å². The third-order valence-corrected chi connectivity index (χ3v) is 3.64. The monoisotopic (exact) mass is 263 g/mol. The number of methoxy groups -OCH3 is 1. The Morgan fingerprint density at radius 3 is 2.95 bits per heavy atom. The van der Waals surface area contributed by atoms with E-state index < -0.39 is 0 Å². The number of ether oxygens (including phenoxy) is 1. The lowest BCUT2D eigenvalue weighted by Crippen LogP contribution is -2.39. The number of amides is 1. The van der Waals surface area contributed by atoms with Gasteiger partial charge >= 0.3 is 0 Å². The Kier molecular flexibility index (Phi) is 4.39. The fourth-order valence-electron chi connectivity index (χ4n) is 2.66. The van der Waals surface area contributed by atoms with E-state index in [1.54, 1.807) is 7.11 Å². The molecule has 2 rings (SSSR count). The van der Waals surface area contributed by atoms with Gasteiger partial charge in [0.15, 0.2) is 0 Å². The number of hydrogen-bond donors (Lipinski definition) is 2. The number of benzene rings is 1. The molecule has 0 bridgehead atoms. The van der Waals surface area contributed by atoms with Crippen LogP contribution in [0, 0.1) is 0 Å². The first-order valence-corrected chi connectivity index (χ1v) is 6.55. The molecule has 1 aromatic carbocycles. The van der Waals surface area contributed by atoms with Crippen LogP contribution >= 0.6 is 0 Å². The van der Waals surface area contributed by atoms with Gasteiger partial charge in [0.2, 0.25) is 5.91 Å². The minimum Gasteiger partial charge on any atom is -0.496 e. The molecule has 1 amide bonds. The molecule has 0 aliphatic carbocycles. The minimum atomic E-state index is -0.231. The first-order chi connectivity index (χ1) is 9.15. The predicted molar refractivity (Wildman–Crippen MR) is 73.5 cm³/mol. The minimum absolute atomic E-state index is 0.136. The van der Waals surface area contributed by atoms with E-state index in [4.69, 9.17) is 16.2 Å². The molecule has 1 unspecified atom stereocenters. The zero-order valence-corrected chi connectivity index (χ0v) is 11.3. The molecule has 19 heavy (non-hydrogen) atoms. The molecule has 1 saturated heterocycles. The summed E-state index contributed by atoms with van der Waals surface area (Å²) >= 11 is 0. The second kappa shape index (κ2) is 6.04. The average molecular weight is 263 g/mol. The van der Waals surface area contributed by atoms with Crippen LogP contribution in [0.3, 0.4) is 0 Å². The number of rotatable bonds is 5. The Hall–Kier alpha value is -1.59. The van der Waals surface area contributed by atoms with Crippen molar-refractivity contribution in [2.45, 2.75) is 32.0 Å². The summed E-state index contributed by atoms with van der Waals surface area (Å²) in [6.07, 6.45) is 1.88. The molecule has 0 saturated carbocycles. The maximum atomic E-state index is 11.4. The lowest BCUT2D eigenvalue weighted by molar-refractivity contribution is -0.122. The quantitative estimate of drug-likeness (QED) is 0.815. The Morgan fingerprint density at radius 2 is 2.32 bits per heavy atom. The number of likely N-dealkylation sites (tertiary alicyclic amines) is 1. The standard InChI is InChI=1S/C14H21N3O2/c1-19-13-5-4-10(7-11(13)8-15)9-17-6-2-3-12(17)14(16)18/h4-5,7,12H,2-3,6,8-9,15H2,1H3,(H2,16,18). The smallest absolute Gasteiger partial charge is 0.234 e. The van der Waals surface area contributed by atoms with Crippen LogP contribution in [-0.4, -0.2) is 30.5 Å². The van der Waals surface area contributed by atoms with E-state index in [-0.39, 0.29) is 11.9 Å². The van der Waals surface area contributed by atoms with Gasteiger partial charge in [-0.05, 0) is 37.1 Å². The van der Waals surface area contributed by atoms with E-state index in [2.05, 4.69) is 4.90 Å². The Morgan fingerprint density at radius 1 is 1.53 bits per heavy atom. The maximum Gasteiger partial charge on any atom is 0.234 e. The highest BCUT2D eigenvalue weighted by Crippen LogP contribution is 2.23. The Balaban J connectivity index is 2.12. The van der Waals surface area contributed by atoms with Crippen molar-refractivity contribution in [3.8, 4) is 5.75 Å². The van der Waals surface area contributed by atoms with Crippen molar-refractivity contribution >= 4 is 5.91 Å². The zero-order valence-electron chi connectivity index (χ0n) is 11.3. The lowest BCUT2D eigenvalue weighted by atomic mass is 10.1. The Labute approximate surface area is 113 Å². The van der Waals surface area contributed by atoms with Crippen LogP contribution in [0.2, 0.25) is 0 Å². The molecule has 1 aliphatic rings. The van der Waals surface area contributed by atoms with Crippen molar-refractivity contribution in [2.24, 2.45) is 11.5 Å². The second-order valence-corrected chi connectivity index (χ2v) is 4.88. The fourth-order valence-corrected chi connectivity index (χ4v) is 2.66. The summed E-state index contributed by atoms with van der Waals surface area (Å²) in [7, 11) is 1.64. The SMILES string of the molecule is COc1ccc(CN2CCCC2C(N)=O)cc1CN. The van der Waals surface area contributed by atoms with Crippen LogP contribution in [0.5, 0.6) is 5.75 Å². The van der Waals surface area contributed by atoms with Gasteiger partial charge in [0.25, 0.3) is 0 Å². The molecular weight excluding hydrogens is 242 g/mol. The summed E-state index contributed by atoms with van der Waals surface area (Å²) in [6, 6.07) is 5.83. The third-order valence-electron chi connectivity index (χ3n) is 3.64.